The van der Waals surface area contributed by atoms with E-state index in [2.05, 4.69) is 51.4 Å². The second-order valence-electron chi connectivity index (χ2n) is 6.76. The molecule has 0 bridgehead atoms. The van der Waals surface area contributed by atoms with Crippen molar-refractivity contribution in [3.63, 3.8) is 0 Å². The first-order valence-corrected chi connectivity index (χ1v) is 9.37. The average molecular weight is 347 g/mol. The minimum atomic E-state index is -0.122. The zero-order chi connectivity index (χ0) is 17.1. The van der Waals surface area contributed by atoms with E-state index < -0.39 is 0 Å². The van der Waals surface area contributed by atoms with Crippen molar-refractivity contribution in [1.82, 2.24) is 25.2 Å². The highest BCUT2D eigenvalue weighted by Crippen LogP contribution is 2.25. The molecule has 0 saturated carbocycles. The van der Waals surface area contributed by atoms with E-state index in [1.807, 2.05) is 0 Å². The number of carbonyl (C=O) groups is 1. The van der Waals surface area contributed by atoms with Crippen molar-refractivity contribution in [2.45, 2.75) is 45.1 Å². The molecule has 0 atom stereocenters. The number of likely N-dealkylation sites (tertiary alicyclic amines) is 1. The van der Waals surface area contributed by atoms with Gasteiger partial charge in [-0.2, -0.15) is 0 Å². The first-order chi connectivity index (χ1) is 11.5. The van der Waals surface area contributed by atoms with Crippen LogP contribution in [0.3, 0.4) is 0 Å². The van der Waals surface area contributed by atoms with Crippen LogP contribution in [0.1, 0.15) is 65.5 Å². The molecule has 6 nitrogen and oxygen atoms in total. The molecule has 1 aliphatic heterocycles. The Bertz CT molecular complexity index is 685. The maximum Gasteiger partial charge on any atom is 0.269 e. The molecule has 24 heavy (non-hydrogen) atoms. The Hall–Kier alpha value is -1.73. The Morgan fingerprint density at radius 2 is 2.21 bits per heavy atom. The summed E-state index contributed by atoms with van der Waals surface area (Å²) >= 11 is 1.59. The third kappa shape index (κ3) is 4.02. The van der Waals surface area contributed by atoms with E-state index in [1.165, 1.54) is 0 Å². The Morgan fingerprint density at radius 1 is 1.46 bits per heavy atom. The third-order valence-corrected chi connectivity index (χ3v) is 5.37. The van der Waals surface area contributed by atoms with Gasteiger partial charge in [0.2, 0.25) is 0 Å². The average Bonchev–Trinajstić information content (AvgIpc) is 3.23. The number of hydrogen-bond donors (Lipinski definition) is 2. The summed E-state index contributed by atoms with van der Waals surface area (Å²) in [6.07, 6.45) is 3.81. The number of imidazole rings is 1. The van der Waals surface area contributed by atoms with E-state index in [9.17, 15) is 4.79 Å². The highest BCUT2D eigenvalue weighted by atomic mass is 32.1. The maximum absolute atomic E-state index is 12.3. The number of thiazole rings is 1. The predicted molar refractivity (Wildman–Crippen MR) is 95.4 cm³/mol. The van der Waals surface area contributed by atoms with Crippen molar-refractivity contribution in [1.29, 1.82) is 0 Å². The summed E-state index contributed by atoms with van der Waals surface area (Å²) in [5, 5.41) is 5.91. The van der Waals surface area contributed by atoms with E-state index in [0.29, 0.717) is 24.1 Å². The van der Waals surface area contributed by atoms with E-state index in [1.54, 1.807) is 17.5 Å². The van der Waals surface area contributed by atoms with Crippen LogP contribution in [0.2, 0.25) is 0 Å². The van der Waals surface area contributed by atoms with Crippen molar-refractivity contribution in [2.75, 3.05) is 20.1 Å². The van der Waals surface area contributed by atoms with Crippen molar-refractivity contribution in [3.8, 4) is 0 Å². The van der Waals surface area contributed by atoms with Crippen LogP contribution in [0.5, 0.6) is 0 Å². The molecule has 1 saturated heterocycles. The summed E-state index contributed by atoms with van der Waals surface area (Å²) < 4.78 is 0. The Balaban J connectivity index is 1.55. The van der Waals surface area contributed by atoms with Gasteiger partial charge in [0.1, 0.15) is 16.5 Å². The molecule has 1 aliphatic rings. The molecule has 1 amide bonds. The van der Waals surface area contributed by atoms with Crippen LogP contribution in [0.15, 0.2) is 11.6 Å². The number of H-pyrrole nitrogens is 1. The molecule has 130 valence electrons. The zero-order valence-electron chi connectivity index (χ0n) is 14.5. The van der Waals surface area contributed by atoms with E-state index in [0.717, 1.165) is 42.5 Å². The largest absolute Gasteiger partial charge is 0.344 e. The van der Waals surface area contributed by atoms with E-state index in [-0.39, 0.29) is 5.91 Å². The fraction of sp³-hybridized carbons (Fsp3) is 0.588. The minimum absolute atomic E-state index is 0.122. The molecule has 7 heteroatoms. The quantitative estimate of drug-likeness (QED) is 0.872. The standard InChI is InChI=1S/C17H25N5OS/c1-11(2)14-10-24-15(20-14)9-19-17(23)13-8-18-16(21-13)12-4-6-22(3)7-5-12/h8,10-12H,4-7,9H2,1-3H3,(H,18,21)(H,19,23). The lowest BCUT2D eigenvalue weighted by Gasteiger charge is -2.27. The summed E-state index contributed by atoms with van der Waals surface area (Å²) in [7, 11) is 2.14. The minimum Gasteiger partial charge on any atom is -0.344 e. The van der Waals surface area contributed by atoms with E-state index in [4.69, 9.17) is 0 Å². The molecule has 2 N–H and O–H groups in total. The smallest absolute Gasteiger partial charge is 0.269 e. The van der Waals surface area contributed by atoms with Gasteiger partial charge in [0.15, 0.2) is 0 Å². The third-order valence-electron chi connectivity index (χ3n) is 4.51. The monoisotopic (exact) mass is 347 g/mol. The number of aromatic nitrogens is 3. The van der Waals surface area contributed by atoms with Crippen LogP contribution in [-0.4, -0.2) is 45.9 Å². The molecular formula is C17H25N5OS. The highest BCUT2D eigenvalue weighted by molar-refractivity contribution is 7.09. The molecule has 2 aromatic rings. The van der Waals surface area contributed by atoms with Crippen LogP contribution >= 0.6 is 11.3 Å². The molecule has 3 rings (SSSR count). The number of aromatic amines is 1. The van der Waals surface area contributed by atoms with Gasteiger partial charge in [-0.15, -0.1) is 11.3 Å². The second-order valence-corrected chi connectivity index (χ2v) is 7.71. The topological polar surface area (TPSA) is 73.9 Å². The molecule has 0 radical (unpaired) electrons. The van der Waals surface area contributed by atoms with Crippen LogP contribution < -0.4 is 5.32 Å². The van der Waals surface area contributed by atoms with E-state index >= 15 is 0 Å². The molecule has 0 spiro atoms. The molecule has 0 aliphatic carbocycles. The first kappa shape index (κ1) is 17.1. The van der Waals surface area contributed by atoms with Crippen molar-refractivity contribution in [3.05, 3.63) is 33.8 Å². The van der Waals surface area contributed by atoms with Gasteiger partial charge in [-0.25, -0.2) is 9.97 Å². The number of nitrogens with zero attached hydrogens (tertiary/aromatic N) is 3. The highest BCUT2D eigenvalue weighted by Gasteiger charge is 2.22. The van der Waals surface area contributed by atoms with Crippen LogP contribution in [0, 0.1) is 0 Å². The van der Waals surface area contributed by atoms with Gasteiger partial charge in [-0.05, 0) is 38.9 Å². The van der Waals surface area contributed by atoms with Gasteiger partial charge >= 0.3 is 0 Å². The first-order valence-electron chi connectivity index (χ1n) is 8.49. The van der Waals surface area contributed by atoms with Crippen LogP contribution in [0.4, 0.5) is 0 Å². The molecule has 1 fully saturated rings. The Morgan fingerprint density at radius 3 is 2.88 bits per heavy atom. The summed E-state index contributed by atoms with van der Waals surface area (Å²) in [4.78, 5) is 26.8. The van der Waals surface area contributed by atoms with Gasteiger partial charge in [0.05, 0.1) is 18.4 Å². The van der Waals surface area contributed by atoms with Crippen molar-refractivity contribution < 1.29 is 4.79 Å². The number of piperidine rings is 1. The van der Waals surface area contributed by atoms with Gasteiger partial charge < -0.3 is 15.2 Å². The van der Waals surface area contributed by atoms with Gasteiger partial charge in [-0.3, -0.25) is 4.79 Å². The summed E-state index contributed by atoms with van der Waals surface area (Å²) in [6, 6.07) is 0. The van der Waals surface area contributed by atoms with Gasteiger partial charge in [-0.1, -0.05) is 13.8 Å². The lowest BCUT2D eigenvalue weighted by atomic mass is 9.97. The number of nitrogens with one attached hydrogen (secondary N) is 2. The van der Waals surface area contributed by atoms with Crippen molar-refractivity contribution >= 4 is 17.2 Å². The molecule has 2 aromatic heterocycles. The Labute approximate surface area is 146 Å². The number of rotatable bonds is 5. The fourth-order valence-corrected chi connectivity index (χ4v) is 3.76. The summed E-state index contributed by atoms with van der Waals surface area (Å²) in [6.45, 7) is 6.85. The fourth-order valence-electron chi connectivity index (χ4n) is 2.86. The molecular weight excluding hydrogens is 322 g/mol. The van der Waals surface area contributed by atoms with Crippen LogP contribution in [-0.2, 0) is 6.54 Å². The molecule has 0 aromatic carbocycles. The van der Waals surface area contributed by atoms with Crippen molar-refractivity contribution in [2.24, 2.45) is 0 Å². The molecule has 0 unspecified atom stereocenters. The summed E-state index contributed by atoms with van der Waals surface area (Å²) in [5.41, 5.74) is 1.61. The number of amides is 1. The Kier molecular flexibility index (Phi) is 5.30. The van der Waals surface area contributed by atoms with Crippen LogP contribution in [0.25, 0.3) is 0 Å². The molecule has 3 heterocycles. The summed E-state index contributed by atoms with van der Waals surface area (Å²) in [5.74, 6) is 1.65. The lowest BCUT2D eigenvalue weighted by Crippen LogP contribution is -2.29. The number of hydrogen-bond acceptors (Lipinski definition) is 5. The second kappa shape index (κ2) is 7.44. The maximum atomic E-state index is 12.3. The van der Waals surface area contributed by atoms with Gasteiger partial charge in [0, 0.05) is 11.3 Å². The normalized spacial score (nSPS) is 16.7. The number of carbonyl (C=O) groups excluding carboxylic acids is 1. The SMILES string of the molecule is CC(C)c1csc(CNC(=O)c2cnc(C3CCN(C)CC3)[nH]2)n1. The lowest BCUT2D eigenvalue weighted by molar-refractivity contribution is 0.0946. The predicted octanol–water partition coefficient (Wildman–Crippen LogP) is 2.73. The zero-order valence-corrected chi connectivity index (χ0v) is 15.3. The van der Waals surface area contributed by atoms with Gasteiger partial charge in [0.25, 0.3) is 5.91 Å².